The molecule has 2 N–H and O–H groups in total. The third kappa shape index (κ3) is 2.66. The topological polar surface area (TPSA) is 35.2 Å². The molecule has 2 atom stereocenters. The molecule has 0 spiro atoms. The van der Waals surface area contributed by atoms with E-state index in [9.17, 15) is 0 Å². The summed E-state index contributed by atoms with van der Waals surface area (Å²) in [5.74, 6) is 0. The second kappa shape index (κ2) is 5.02. The lowest BCUT2D eigenvalue weighted by atomic mass is 9.98. The van der Waals surface area contributed by atoms with Gasteiger partial charge in [0.05, 0.1) is 20.8 Å². The van der Waals surface area contributed by atoms with Crippen molar-refractivity contribution >= 4 is 34.5 Å². The molecule has 1 saturated heterocycles. The molecule has 2 nitrogen and oxygen atoms in total. The quantitative estimate of drug-likeness (QED) is 0.887. The van der Waals surface area contributed by atoms with E-state index in [4.69, 9.17) is 33.7 Å². The summed E-state index contributed by atoms with van der Waals surface area (Å²) in [7, 11) is 0. The summed E-state index contributed by atoms with van der Waals surface area (Å²) >= 11 is 13.3. The van der Waals surface area contributed by atoms with Crippen LogP contribution in [-0.4, -0.2) is 12.7 Å². The van der Waals surface area contributed by atoms with Crippen LogP contribution in [0, 0.1) is 0 Å². The summed E-state index contributed by atoms with van der Waals surface area (Å²) in [4.78, 5) is 0. The maximum Gasteiger partial charge on any atom is 0.0992 e. The van der Waals surface area contributed by atoms with Crippen molar-refractivity contribution in [2.45, 2.75) is 31.4 Å². The molecule has 0 saturated carbocycles. The summed E-state index contributed by atoms with van der Waals surface area (Å²) in [6.07, 6.45) is 3.39. The van der Waals surface area contributed by atoms with E-state index in [1.165, 1.54) is 17.8 Å². The van der Waals surface area contributed by atoms with E-state index in [1.807, 2.05) is 6.07 Å². The Bertz CT molecular complexity index is 336. The molecule has 0 aromatic carbocycles. The van der Waals surface area contributed by atoms with Gasteiger partial charge in [0.15, 0.2) is 0 Å². The zero-order valence-corrected chi connectivity index (χ0v) is 10.5. The van der Waals surface area contributed by atoms with E-state index in [-0.39, 0.29) is 12.1 Å². The Hall–Kier alpha value is 0.200. The second-order valence-corrected chi connectivity index (χ2v) is 6.00. The van der Waals surface area contributed by atoms with Gasteiger partial charge in [-0.25, -0.2) is 0 Å². The third-order valence-electron chi connectivity index (χ3n) is 2.66. The van der Waals surface area contributed by atoms with Gasteiger partial charge in [-0.1, -0.05) is 23.2 Å². The zero-order valence-electron chi connectivity index (χ0n) is 8.21. The van der Waals surface area contributed by atoms with Gasteiger partial charge in [-0.2, -0.15) is 0 Å². The molecule has 0 radical (unpaired) electrons. The van der Waals surface area contributed by atoms with Crippen LogP contribution in [0.3, 0.4) is 0 Å². The lowest BCUT2D eigenvalue weighted by molar-refractivity contribution is 0.000106. The van der Waals surface area contributed by atoms with Crippen molar-refractivity contribution in [3.8, 4) is 0 Å². The smallest absolute Gasteiger partial charge is 0.0992 e. The van der Waals surface area contributed by atoms with Crippen LogP contribution in [-0.2, 0) is 4.74 Å². The number of hydrogen-bond donors (Lipinski definition) is 1. The minimum atomic E-state index is -0.151. The monoisotopic (exact) mass is 265 g/mol. The first-order valence-electron chi connectivity index (χ1n) is 5.00. The van der Waals surface area contributed by atoms with Crippen molar-refractivity contribution in [3.05, 3.63) is 20.3 Å². The van der Waals surface area contributed by atoms with Gasteiger partial charge in [0, 0.05) is 12.2 Å². The molecule has 5 heteroatoms. The number of rotatable bonds is 2. The number of nitrogens with two attached hydrogens (primary N) is 1. The first-order chi connectivity index (χ1) is 7.18. The predicted molar refractivity (Wildman–Crippen MR) is 64.9 cm³/mol. The van der Waals surface area contributed by atoms with Crippen LogP contribution in [0.2, 0.25) is 8.67 Å². The van der Waals surface area contributed by atoms with Crippen LogP contribution >= 0.6 is 34.5 Å². The molecule has 1 aromatic rings. The molecule has 1 aliphatic rings. The number of ether oxygens (including phenoxy) is 1. The first-order valence-corrected chi connectivity index (χ1v) is 6.57. The SMILES string of the molecule is NC(c1cc(Cl)sc1Cl)C1CCCCO1. The average Bonchev–Trinajstić information content (AvgIpc) is 2.58. The van der Waals surface area contributed by atoms with Crippen LogP contribution in [0.15, 0.2) is 6.07 Å². The standard InChI is InChI=1S/C10H13Cl2NOS/c11-8-5-6(10(12)15-8)9(13)7-3-1-2-4-14-7/h5,7,9H,1-4,13H2. The van der Waals surface area contributed by atoms with Crippen LogP contribution in [0.5, 0.6) is 0 Å². The van der Waals surface area contributed by atoms with E-state index in [2.05, 4.69) is 0 Å². The summed E-state index contributed by atoms with van der Waals surface area (Å²) < 4.78 is 7.00. The lowest BCUT2D eigenvalue weighted by Gasteiger charge is -2.27. The van der Waals surface area contributed by atoms with Gasteiger partial charge < -0.3 is 10.5 Å². The maximum absolute atomic E-state index is 6.12. The highest BCUT2D eigenvalue weighted by Crippen LogP contribution is 2.37. The van der Waals surface area contributed by atoms with Crippen LogP contribution < -0.4 is 5.73 Å². The Balaban J connectivity index is 2.12. The minimum Gasteiger partial charge on any atom is -0.376 e. The summed E-state index contributed by atoms with van der Waals surface area (Å²) in [6.45, 7) is 0.799. The Morgan fingerprint density at radius 3 is 2.80 bits per heavy atom. The fraction of sp³-hybridized carbons (Fsp3) is 0.600. The van der Waals surface area contributed by atoms with Crippen LogP contribution in [0.1, 0.15) is 30.9 Å². The van der Waals surface area contributed by atoms with Crippen LogP contribution in [0.4, 0.5) is 0 Å². The summed E-state index contributed by atoms with van der Waals surface area (Å²) in [5.41, 5.74) is 7.04. The molecule has 0 bridgehead atoms. The molecular weight excluding hydrogens is 253 g/mol. The highest BCUT2D eigenvalue weighted by Gasteiger charge is 2.25. The third-order valence-corrected chi connectivity index (χ3v) is 4.18. The van der Waals surface area contributed by atoms with Crippen molar-refractivity contribution in [1.82, 2.24) is 0 Å². The number of halogens is 2. The van der Waals surface area contributed by atoms with E-state index >= 15 is 0 Å². The van der Waals surface area contributed by atoms with Crippen molar-refractivity contribution in [2.24, 2.45) is 5.73 Å². The molecule has 15 heavy (non-hydrogen) atoms. The highest BCUT2D eigenvalue weighted by molar-refractivity contribution is 7.20. The van der Waals surface area contributed by atoms with Gasteiger partial charge in [0.2, 0.25) is 0 Å². The molecule has 2 rings (SSSR count). The van der Waals surface area contributed by atoms with Crippen molar-refractivity contribution in [1.29, 1.82) is 0 Å². The minimum absolute atomic E-state index is 0.0851. The fourth-order valence-electron chi connectivity index (χ4n) is 1.83. The lowest BCUT2D eigenvalue weighted by Crippen LogP contribution is -2.31. The Morgan fingerprint density at radius 2 is 2.27 bits per heavy atom. The molecule has 0 amide bonds. The van der Waals surface area contributed by atoms with Gasteiger partial charge in [0.1, 0.15) is 0 Å². The van der Waals surface area contributed by atoms with Gasteiger partial charge in [-0.15, -0.1) is 11.3 Å². The predicted octanol–water partition coefficient (Wildman–Crippen LogP) is 3.62. The van der Waals surface area contributed by atoms with Crippen LogP contribution in [0.25, 0.3) is 0 Å². The zero-order chi connectivity index (χ0) is 10.8. The molecule has 1 aliphatic heterocycles. The summed E-state index contributed by atoms with van der Waals surface area (Å²) in [6, 6.07) is 1.69. The number of hydrogen-bond acceptors (Lipinski definition) is 3. The van der Waals surface area contributed by atoms with Crippen molar-refractivity contribution < 1.29 is 4.74 Å². The van der Waals surface area contributed by atoms with Gasteiger partial charge in [-0.3, -0.25) is 0 Å². The maximum atomic E-state index is 6.12. The Kier molecular flexibility index (Phi) is 3.91. The van der Waals surface area contributed by atoms with Gasteiger partial charge >= 0.3 is 0 Å². The molecule has 2 heterocycles. The fourth-order valence-corrected chi connectivity index (χ4v) is 3.40. The summed E-state index contributed by atoms with van der Waals surface area (Å²) in [5, 5.41) is 0. The first kappa shape index (κ1) is 11.7. The number of thiophene rings is 1. The van der Waals surface area contributed by atoms with E-state index in [0.29, 0.717) is 8.67 Å². The van der Waals surface area contributed by atoms with Crippen molar-refractivity contribution in [3.63, 3.8) is 0 Å². The molecule has 1 aromatic heterocycles. The molecule has 1 fully saturated rings. The van der Waals surface area contributed by atoms with Gasteiger partial charge in [-0.05, 0) is 25.3 Å². The van der Waals surface area contributed by atoms with Gasteiger partial charge in [0.25, 0.3) is 0 Å². The highest BCUT2D eigenvalue weighted by atomic mass is 35.5. The Morgan fingerprint density at radius 1 is 1.47 bits per heavy atom. The molecular formula is C10H13Cl2NOS. The molecule has 2 unspecified atom stereocenters. The molecule has 84 valence electrons. The Labute approximate surface area is 103 Å². The molecule has 0 aliphatic carbocycles. The normalized spacial score (nSPS) is 24.1. The van der Waals surface area contributed by atoms with E-state index in [1.54, 1.807) is 0 Å². The second-order valence-electron chi connectivity index (χ2n) is 3.71. The largest absolute Gasteiger partial charge is 0.376 e. The van der Waals surface area contributed by atoms with Crippen molar-refractivity contribution in [2.75, 3.05) is 6.61 Å². The average molecular weight is 266 g/mol. The van der Waals surface area contributed by atoms with E-state index < -0.39 is 0 Å². The van der Waals surface area contributed by atoms with E-state index in [0.717, 1.165) is 25.0 Å².